The fourth-order valence-electron chi connectivity index (χ4n) is 4.04. The Labute approximate surface area is 198 Å². The number of rotatable bonds is 5. The smallest absolute Gasteiger partial charge is 0.229 e. The first-order valence-electron chi connectivity index (χ1n) is 11.1. The van der Waals surface area contributed by atoms with Crippen LogP contribution in [0.4, 0.5) is 11.5 Å². The lowest BCUT2D eigenvalue weighted by Gasteiger charge is -2.13. The number of fused-ring (bicyclic) bond motifs is 3. The van der Waals surface area contributed by atoms with Crippen molar-refractivity contribution in [2.75, 3.05) is 5.32 Å². The molecule has 5 rings (SSSR count). The van der Waals surface area contributed by atoms with Crippen LogP contribution in [0.15, 0.2) is 76.7 Å². The highest BCUT2D eigenvalue weighted by molar-refractivity contribution is 7.91. The summed E-state index contributed by atoms with van der Waals surface area (Å²) in [6.45, 7) is 8.19. The minimum Gasteiger partial charge on any atom is -0.339 e. The third-order valence-electron chi connectivity index (χ3n) is 5.97. The molecule has 0 fully saturated rings. The van der Waals surface area contributed by atoms with Crippen molar-refractivity contribution in [2.45, 2.75) is 43.5 Å². The lowest BCUT2D eigenvalue weighted by Crippen LogP contribution is -2.06. The lowest BCUT2D eigenvalue weighted by molar-refractivity contribution is 0.592. The fourth-order valence-corrected chi connectivity index (χ4v) is 5.27. The third-order valence-corrected chi connectivity index (χ3v) is 7.63. The predicted molar refractivity (Wildman–Crippen MR) is 133 cm³/mol. The third kappa shape index (κ3) is 3.70. The maximum atomic E-state index is 13.5. The van der Waals surface area contributed by atoms with Gasteiger partial charge in [-0.3, -0.25) is 0 Å². The predicted octanol–water partition coefficient (Wildman–Crippen LogP) is 5.59. The van der Waals surface area contributed by atoms with E-state index in [-0.39, 0.29) is 15.6 Å². The molecule has 172 valence electrons. The molecule has 2 aromatic heterocycles. The number of nitrogens with one attached hydrogen (secondary N) is 1. The van der Waals surface area contributed by atoms with E-state index in [1.54, 1.807) is 12.1 Å². The van der Waals surface area contributed by atoms with E-state index in [9.17, 15) is 8.42 Å². The number of sulfone groups is 1. The molecule has 0 aliphatic carbocycles. The van der Waals surface area contributed by atoms with Crippen molar-refractivity contribution in [2.24, 2.45) is 0 Å². The van der Waals surface area contributed by atoms with Gasteiger partial charge in [0.2, 0.25) is 14.9 Å². The Morgan fingerprint density at radius 2 is 1.68 bits per heavy atom. The lowest BCUT2D eigenvalue weighted by atomic mass is 10.0. The summed E-state index contributed by atoms with van der Waals surface area (Å²) < 4.78 is 28.5. The van der Waals surface area contributed by atoms with Crippen molar-refractivity contribution in [1.29, 1.82) is 0 Å². The van der Waals surface area contributed by atoms with Crippen molar-refractivity contribution >= 4 is 37.9 Å². The minimum atomic E-state index is -3.92. The van der Waals surface area contributed by atoms with Gasteiger partial charge in [0.15, 0.2) is 5.65 Å². The van der Waals surface area contributed by atoms with Crippen LogP contribution in [-0.2, 0) is 9.84 Å². The second-order valence-corrected chi connectivity index (χ2v) is 10.6. The highest BCUT2D eigenvalue weighted by Gasteiger charge is 2.27. The van der Waals surface area contributed by atoms with E-state index in [0.29, 0.717) is 17.3 Å². The standard InChI is InChI=1S/C26H25N5O2S/c1-16(2)19-10-12-20(13-11-19)34(32,33)26-25-28-24(27-22-14-9-17(3)15-18(22)4)21-7-5-6-8-23(21)31(25)30-29-26/h5-16H,1-4H3,(H,27,28). The molecule has 0 amide bonds. The van der Waals surface area contributed by atoms with Gasteiger partial charge in [-0.15, -0.1) is 5.10 Å². The summed E-state index contributed by atoms with van der Waals surface area (Å²) in [5, 5.41) is 12.3. The molecule has 0 saturated carbocycles. The van der Waals surface area contributed by atoms with Crippen LogP contribution in [0.3, 0.4) is 0 Å². The minimum absolute atomic E-state index is 0.165. The number of anilines is 2. The Morgan fingerprint density at radius 1 is 0.941 bits per heavy atom. The second-order valence-electron chi connectivity index (χ2n) is 8.78. The molecule has 34 heavy (non-hydrogen) atoms. The number of nitrogens with zero attached hydrogens (tertiary/aromatic N) is 4. The summed E-state index contributed by atoms with van der Waals surface area (Å²) in [5.74, 6) is 0.850. The summed E-state index contributed by atoms with van der Waals surface area (Å²) in [6, 6.07) is 20.6. The van der Waals surface area contributed by atoms with Crippen LogP contribution in [0.2, 0.25) is 0 Å². The van der Waals surface area contributed by atoms with Gasteiger partial charge < -0.3 is 5.32 Å². The molecule has 5 aromatic rings. The summed E-state index contributed by atoms with van der Waals surface area (Å²) in [7, 11) is -3.92. The van der Waals surface area contributed by atoms with Crippen molar-refractivity contribution in [3.63, 3.8) is 0 Å². The van der Waals surface area contributed by atoms with E-state index in [2.05, 4.69) is 35.5 Å². The van der Waals surface area contributed by atoms with Gasteiger partial charge in [0.25, 0.3) is 0 Å². The average molecular weight is 472 g/mol. The Balaban J connectivity index is 1.69. The van der Waals surface area contributed by atoms with Crippen LogP contribution in [-0.4, -0.2) is 28.2 Å². The van der Waals surface area contributed by atoms with Gasteiger partial charge in [0.1, 0.15) is 5.82 Å². The van der Waals surface area contributed by atoms with Crippen LogP contribution < -0.4 is 5.32 Å². The van der Waals surface area contributed by atoms with Crippen LogP contribution >= 0.6 is 0 Å². The van der Waals surface area contributed by atoms with Crippen molar-refractivity contribution in [1.82, 2.24) is 19.8 Å². The molecular formula is C26H25N5O2S. The number of benzene rings is 3. The highest BCUT2D eigenvalue weighted by Crippen LogP contribution is 2.31. The van der Waals surface area contributed by atoms with Gasteiger partial charge in [-0.05, 0) is 61.2 Å². The van der Waals surface area contributed by atoms with E-state index in [4.69, 9.17) is 4.98 Å². The van der Waals surface area contributed by atoms with Gasteiger partial charge >= 0.3 is 0 Å². The molecule has 0 spiro atoms. The number of para-hydroxylation sites is 1. The largest absolute Gasteiger partial charge is 0.339 e. The Kier molecular flexibility index (Phi) is 5.32. The Hall–Kier alpha value is -3.78. The first kappa shape index (κ1) is 22.0. The summed E-state index contributed by atoms with van der Waals surface area (Å²) >= 11 is 0. The number of aryl methyl sites for hydroxylation is 2. The topological polar surface area (TPSA) is 89.2 Å². The maximum absolute atomic E-state index is 13.5. The van der Waals surface area contributed by atoms with Gasteiger partial charge in [0, 0.05) is 11.1 Å². The zero-order valence-corrected chi connectivity index (χ0v) is 20.3. The van der Waals surface area contributed by atoms with Crippen molar-refractivity contribution in [3.05, 3.63) is 83.4 Å². The molecule has 0 radical (unpaired) electrons. The Morgan fingerprint density at radius 3 is 2.38 bits per heavy atom. The van der Waals surface area contributed by atoms with Gasteiger partial charge in [-0.25, -0.2) is 13.4 Å². The van der Waals surface area contributed by atoms with Crippen molar-refractivity contribution < 1.29 is 8.42 Å². The SMILES string of the molecule is Cc1ccc(Nc2nc3c(S(=O)(=O)c4ccc(C(C)C)cc4)nnn3c3ccccc23)c(C)c1. The molecule has 3 aromatic carbocycles. The first-order chi connectivity index (χ1) is 16.3. The zero-order valence-electron chi connectivity index (χ0n) is 19.4. The Bertz CT molecular complexity index is 1640. The zero-order chi connectivity index (χ0) is 24.0. The summed E-state index contributed by atoms with van der Waals surface area (Å²) in [6.07, 6.45) is 0. The van der Waals surface area contributed by atoms with Gasteiger partial charge in [-0.2, -0.15) is 4.52 Å². The van der Waals surface area contributed by atoms with E-state index in [1.165, 1.54) is 4.52 Å². The molecular weight excluding hydrogens is 446 g/mol. The monoisotopic (exact) mass is 471 g/mol. The molecule has 0 saturated heterocycles. The average Bonchev–Trinajstić information content (AvgIpc) is 3.26. The van der Waals surface area contributed by atoms with Crippen LogP contribution in [0.1, 0.15) is 36.5 Å². The van der Waals surface area contributed by atoms with Crippen LogP contribution in [0.25, 0.3) is 16.6 Å². The van der Waals surface area contributed by atoms with E-state index >= 15 is 0 Å². The van der Waals surface area contributed by atoms with E-state index in [1.807, 2.05) is 62.4 Å². The van der Waals surface area contributed by atoms with Crippen molar-refractivity contribution in [3.8, 4) is 0 Å². The highest BCUT2D eigenvalue weighted by atomic mass is 32.2. The molecule has 2 heterocycles. The molecule has 0 atom stereocenters. The molecule has 0 bridgehead atoms. The van der Waals surface area contributed by atoms with E-state index in [0.717, 1.165) is 27.8 Å². The van der Waals surface area contributed by atoms with Crippen LogP contribution in [0, 0.1) is 13.8 Å². The quantitative estimate of drug-likeness (QED) is 0.359. The normalized spacial score (nSPS) is 12.0. The number of hydrogen-bond acceptors (Lipinski definition) is 6. The first-order valence-corrected chi connectivity index (χ1v) is 12.6. The summed E-state index contributed by atoms with van der Waals surface area (Å²) in [4.78, 5) is 4.87. The maximum Gasteiger partial charge on any atom is 0.229 e. The molecule has 8 heteroatoms. The molecule has 1 N–H and O–H groups in total. The second kappa shape index (κ2) is 8.22. The van der Waals surface area contributed by atoms with Crippen LogP contribution in [0.5, 0.6) is 0 Å². The van der Waals surface area contributed by atoms with Gasteiger partial charge in [-0.1, -0.05) is 61.0 Å². The molecule has 0 aliphatic rings. The fraction of sp³-hybridized carbons (Fsp3) is 0.192. The summed E-state index contributed by atoms with van der Waals surface area (Å²) in [5.41, 5.74) is 5.08. The van der Waals surface area contributed by atoms with Gasteiger partial charge in [0.05, 0.1) is 10.4 Å². The number of aromatic nitrogens is 4. The van der Waals surface area contributed by atoms with E-state index < -0.39 is 9.84 Å². The molecule has 7 nitrogen and oxygen atoms in total. The number of hydrogen-bond donors (Lipinski definition) is 1. The molecule has 0 aliphatic heterocycles. The molecule has 0 unspecified atom stereocenters.